The van der Waals surface area contributed by atoms with Crippen molar-refractivity contribution in [1.82, 2.24) is 0 Å². The van der Waals surface area contributed by atoms with E-state index in [1.807, 2.05) is 6.92 Å². The van der Waals surface area contributed by atoms with Crippen molar-refractivity contribution in [3.05, 3.63) is 29.8 Å². The molecule has 106 valence electrons. The molecule has 0 aliphatic carbocycles. The molecule has 5 nitrogen and oxygen atoms in total. The van der Waals surface area contributed by atoms with Gasteiger partial charge in [0.15, 0.2) is 18.3 Å². The summed E-state index contributed by atoms with van der Waals surface area (Å²) in [6.45, 7) is 5.48. The second kappa shape index (κ2) is 7.01. The van der Waals surface area contributed by atoms with Gasteiger partial charge in [0.05, 0.1) is 14.2 Å². The van der Waals surface area contributed by atoms with Crippen LogP contribution >= 0.6 is 0 Å². The molecule has 0 heterocycles. The highest BCUT2D eigenvalue weighted by Crippen LogP contribution is 2.43. The second-order valence-electron chi connectivity index (χ2n) is 3.89. The van der Waals surface area contributed by atoms with E-state index in [1.165, 1.54) is 20.3 Å². The molecule has 1 unspecified atom stereocenters. The SMILES string of the molecule is C=CC(O)c1cc(OC)c(C)c(OC)c1OCOC. The van der Waals surface area contributed by atoms with Crippen LogP contribution in [-0.4, -0.2) is 33.2 Å². The smallest absolute Gasteiger partial charge is 0.188 e. The van der Waals surface area contributed by atoms with Gasteiger partial charge in [-0.2, -0.15) is 0 Å². The van der Waals surface area contributed by atoms with Crippen LogP contribution in [0.5, 0.6) is 17.2 Å². The highest BCUT2D eigenvalue weighted by Gasteiger charge is 2.21. The van der Waals surface area contributed by atoms with Crippen LogP contribution in [0.2, 0.25) is 0 Å². The number of hydrogen-bond acceptors (Lipinski definition) is 5. The van der Waals surface area contributed by atoms with Crippen molar-refractivity contribution in [1.29, 1.82) is 0 Å². The van der Waals surface area contributed by atoms with E-state index in [-0.39, 0.29) is 6.79 Å². The Bertz CT molecular complexity index is 442. The molecular formula is C14H20O5. The Balaban J connectivity index is 3.43. The largest absolute Gasteiger partial charge is 0.496 e. The average Bonchev–Trinajstić information content (AvgIpc) is 2.44. The van der Waals surface area contributed by atoms with Crippen LogP contribution in [0.4, 0.5) is 0 Å². The second-order valence-corrected chi connectivity index (χ2v) is 3.89. The first-order valence-electron chi connectivity index (χ1n) is 5.78. The third kappa shape index (κ3) is 3.19. The predicted molar refractivity (Wildman–Crippen MR) is 71.9 cm³/mol. The fourth-order valence-electron chi connectivity index (χ4n) is 1.80. The number of methoxy groups -OCH3 is 3. The molecule has 1 N–H and O–H groups in total. The Morgan fingerprint density at radius 1 is 1.26 bits per heavy atom. The van der Waals surface area contributed by atoms with Gasteiger partial charge in [-0.15, -0.1) is 6.58 Å². The zero-order valence-corrected chi connectivity index (χ0v) is 11.7. The summed E-state index contributed by atoms with van der Waals surface area (Å²) in [6.07, 6.45) is 0.527. The van der Waals surface area contributed by atoms with E-state index in [0.717, 1.165) is 5.56 Å². The van der Waals surface area contributed by atoms with Gasteiger partial charge < -0.3 is 24.1 Å². The lowest BCUT2D eigenvalue weighted by molar-refractivity contribution is 0.0467. The fraction of sp³-hybridized carbons (Fsp3) is 0.429. The molecule has 0 saturated heterocycles. The molecule has 19 heavy (non-hydrogen) atoms. The molecule has 1 aromatic rings. The van der Waals surface area contributed by atoms with Crippen LogP contribution in [0, 0.1) is 6.92 Å². The maximum Gasteiger partial charge on any atom is 0.188 e. The van der Waals surface area contributed by atoms with E-state index in [2.05, 4.69) is 6.58 Å². The summed E-state index contributed by atoms with van der Waals surface area (Å²) < 4.78 is 21.0. The molecular weight excluding hydrogens is 248 g/mol. The highest BCUT2D eigenvalue weighted by molar-refractivity contribution is 5.59. The minimum atomic E-state index is -0.879. The molecule has 0 aliphatic rings. The molecule has 5 heteroatoms. The van der Waals surface area contributed by atoms with Crippen LogP contribution < -0.4 is 14.2 Å². The standard InChI is InChI=1S/C14H20O5/c1-6-11(15)10-7-12(17-4)9(2)13(18-5)14(10)19-8-16-3/h6-7,11,15H,1,8H2,2-5H3. The summed E-state index contributed by atoms with van der Waals surface area (Å²) in [7, 11) is 4.61. The molecule has 1 aromatic carbocycles. The molecule has 0 radical (unpaired) electrons. The van der Waals surface area contributed by atoms with E-state index >= 15 is 0 Å². The molecule has 0 fully saturated rings. The molecule has 0 amide bonds. The zero-order chi connectivity index (χ0) is 14.4. The first kappa shape index (κ1) is 15.3. The third-order valence-corrected chi connectivity index (χ3v) is 2.75. The average molecular weight is 268 g/mol. The van der Waals surface area contributed by atoms with Crippen molar-refractivity contribution in [2.75, 3.05) is 28.1 Å². The number of hydrogen-bond donors (Lipinski definition) is 1. The van der Waals surface area contributed by atoms with E-state index < -0.39 is 6.10 Å². The number of benzene rings is 1. The number of rotatable bonds is 7. The van der Waals surface area contributed by atoms with Gasteiger partial charge >= 0.3 is 0 Å². The topological polar surface area (TPSA) is 57.2 Å². The van der Waals surface area contributed by atoms with Gasteiger partial charge in [-0.25, -0.2) is 0 Å². The zero-order valence-electron chi connectivity index (χ0n) is 11.7. The Morgan fingerprint density at radius 3 is 2.42 bits per heavy atom. The van der Waals surface area contributed by atoms with Crippen molar-refractivity contribution in [3.8, 4) is 17.2 Å². The molecule has 0 bridgehead atoms. The fourth-order valence-corrected chi connectivity index (χ4v) is 1.80. The molecule has 0 spiro atoms. The lowest BCUT2D eigenvalue weighted by Crippen LogP contribution is -2.07. The van der Waals surface area contributed by atoms with Crippen LogP contribution in [0.1, 0.15) is 17.2 Å². The molecule has 1 rings (SSSR count). The van der Waals surface area contributed by atoms with Gasteiger partial charge in [0.2, 0.25) is 0 Å². The van der Waals surface area contributed by atoms with Gasteiger partial charge in [0.25, 0.3) is 0 Å². The summed E-state index contributed by atoms with van der Waals surface area (Å²) >= 11 is 0. The van der Waals surface area contributed by atoms with Gasteiger partial charge in [0.1, 0.15) is 11.9 Å². The monoisotopic (exact) mass is 268 g/mol. The quantitative estimate of drug-likeness (QED) is 0.607. The first-order chi connectivity index (χ1) is 9.10. The lowest BCUT2D eigenvalue weighted by Gasteiger charge is -2.20. The first-order valence-corrected chi connectivity index (χ1v) is 5.78. The summed E-state index contributed by atoms with van der Waals surface area (Å²) in [5, 5.41) is 9.99. The van der Waals surface area contributed by atoms with Crippen molar-refractivity contribution in [3.63, 3.8) is 0 Å². The Kier molecular flexibility index (Phi) is 5.66. The minimum Gasteiger partial charge on any atom is -0.496 e. The van der Waals surface area contributed by atoms with Gasteiger partial charge in [-0.05, 0) is 13.0 Å². The Labute approximate surface area is 113 Å². The minimum absolute atomic E-state index is 0.0546. The van der Waals surface area contributed by atoms with Crippen molar-refractivity contribution < 1.29 is 24.1 Å². The molecule has 0 aromatic heterocycles. The van der Waals surface area contributed by atoms with Crippen molar-refractivity contribution >= 4 is 0 Å². The molecule has 0 aliphatic heterocycles. The van der Waals surface area contributed by atoms with E-state index in [0.29, 0.717) is 22.8 Å². The summed E-state index contributed by atoms with van der Waals surface area (Å²) in [4.78, 5) is 0. The van der Waals surface area contributed by atoms with Crippen LogP contribution in [0.25, 0.3) is 0 Å². The predicted octanol–water partition coefficient (Wildman–Crippen LogP) is 2.21. The maximum atomic E-state index is 9.99. The normalized spacial score (nSPS) is 11.8. The third-order valence-electron chi connectivity index (χ3n) is 2.75. The molecule has 1 atom stereocenters. The molecule has 0 saturated carbocycles. The summed E-state index contributed by atoms with van der Waals surface area (Å²) in [5.41, 5.74) is 1.31. The number of aliphatic hydroxyl groups excluding tert-OH is 1. The number of ether oxygens (including phenoxy) is 4. The van der Waals surface area contributed by atoms with Gasteiger partial charge in [0, 0.05) is 18.2 Å². The maximum absolute atomic E-state index is 9.99. The Hall–Kier alpha value is -1.72. The van der Waals surface area contributed by atoms with Crippen LogP contribution in [0.3, 0.4) is 0 Å². The Morgan fingerprint density at radius 2 is 1.95 bits per heavy atom. The van der Waals surface area contributed by atoms with E-state index in [1.54, 1.807) is 13.2 Å². The van der Waals surface area contributed by atoms with Gasteiger partial charge in [-0.1, -0.05) is 6.08 Å². The number of aliphatic hydroxyl groups is 1. The van der Waals surface area contributed by atoms with E-state index in [9.17, 15) is 5.11 Å². The van der Waals surface area contributed by atoms with Gasteiger partial charge in [-0.3, -0.25) is 0 Å². The van der Waals surface area contributed by atoms with E-state index in [4.69, 9.17) is 18.9 Å². The summed E-state index contributed by atoms with van der Waals surface area (Å²) in [5.74, 6) is 1.54. The lowest BCUT2D eigenvalue weighted by atomic mass is 10.0. The van der Waals surface area contributed by atoms with Crippen LogP contribution in [-0.2, 0) is 4.74 Å². The highest BCUT2D eigenvalue weighted by atomic mass is 16.7. The summed E-state index contributed by atoms with van der Waals surface area (Å²) in [6, 6.07) is 1.70. The van der Waals surface area contributed by atoms with Crippen molar-refractivity contribution in [2.45, 2.75) is 13.0 Å². The van der Waals surface area contributed by atoms with Crippen molar-refractivity contribution in [2.24, 2.45) is 0 Å². The van der Waals surface area contributed by atoms with Crippen LogP contribution in [0.15, 0.2) is 18.7 Å².